The number of hydrogen-bond acceptors (Lipinski definition) is 6. The second-order valence-corrected chi connectivity index (χ2v) is 10.9. The Morgan fingerprint density at radius 1 is 1.14 bits per heavy atom. The summed E-state index contributed by atoms with van der Waals surface area (Å²) in [6.07, 6.45) is 2.46. The molecule has 0 radical (unpaired) electrons. The van der Waals surface area contributed by atoms with Crippen LogP contribution in [0.5, 0.6) is 5.75 Å². The molecule has 36 heavy (non-hydrogen) atoms. The smallest absolute Gasteiger partial charge is 0.222 e. The van der Waals surface area contributed by atoms with Gasteiger partial charge in [0.1, 0.15) is 17.1 Å². The van der Waals surface area contributed by atoms with Crippen LogP contribution in [0.3, 0.4) is 0 Å². The minimum atomic E-state index is 0.168. The lowest BCUT2D eigenvalue weighted by Gasteiger charge is -2.28. The highest BCUT2D eigenvalue weighted by molar-refractivity contribution is 7.17. The van der Waals surface area contributed by atoms with Crippen LogP contribution in [0.15, 0.2) is 47.8 Å². The molecule has 0 spiro atoms. The van der Waals surface area contributed by atoms with E-state index in [1.807, 2.05) is 25.2 Å². The van der Waals surface area contributed by atoms with Crippen molar-refractivity contribution < 1.29 is 9.53 Å². The summed E-state index contributed by atoms with van der Waals surface area (Å²) in [6.45, 7) is 3.15. The molecule has 4 heterocycles. The first-order chi connectivity index (χ1) is 17.6. The third-order valence-corrected chi connectivity index (χ3v) is 8.34. The number of nitrogens with zero attached hydrogens (tertiary/aromatic N) is 3. The summed E-state index contributed by atoms with van der Waals surface area (Å²) in [5.41, 5.74) is 6.38. The second kappa shape index (κ2) is 9.81. The Balaban J connectivity index is 1.34. The number of amides is 1. The molecule has 1 unspecified atom stereocenters. The topological polar surface area (TPSA) is 67.3 Å². The van der Waals surface area contributed by atoms with Crippen LogP contribution in [0.25, 0.3) is 32.6 Å². The zero-order valence-electron chi connectivity index (χ0n) is 20.1. The molecule has 2 aromatic heterocycles. The molecule has 6 rings (SSSR count). The average molecular weight is 519 g/mol. The summed E-state index contributed by atoms with van der Waals surface area (Å²) in [7, 11) is 1.85. The van der Waals surface area contributed by atoms with Gasteiger partial charge in [0.2, 0.25) is 5.91 Å². The van der Waals surface area contributed by atoms with Gasteiger partial charge in [-0.3, -0.25) is 4.79 Å². The maximum absolute atomic E-state index is 12.1. The molecule has 2 aliphatic rings. The zero-order valence-corrected chi connectivity index (χ0v) is 21.7. The van der Waals surface area contributed by atoms with Gasteiger partial charge in [0, 0.05) is 54.0 Å². The van der Waals surface area contributed by atoms with Gasteiger partial charge in [0.05, 0.1) is 11.3 Å². The van der Waals surface area contributed by atoms with Crippen LogP contribution in [0.1, 0.15) is 24.0 Å². The molecular formula is C28H27ClN4O2S. The molecule has 8 heteroatoms. The van der Waals surface area contributed by atoms with Gasteiger partial charge in [-0.1, -0.05) is 23.7 Å². The predicted molar refractivity (Wildman–Crippen MR) is 145 cm³/mol. The van der Waals surface area contributed by atoms with E-state index in [-0.39, 0.29) is 11.8 Å². The normalized spacial score (nSPS) is 17.9. The number of benzene rings is 2. The van der Waals surface area contributed by atoms with Gasteiger partial charge in [0.15, 0.2) is 0 Å². The van der Waals surface area contributed by atoms with Crippen molar-refractivity contribution in [2.45, 2.75) is 25.8 Å². The Hall–Kier alpha value is -3.00. The van der Waals surface area contributed by atoms with E-state index in [4.69, 9.17) is 26.5 Å². The third-order valence-electron chi connectivity index (χ3n) is 7.19. The zero-order chi connectivity index (χ0) is 24.6. The molecule has 0 aliphatic carbocycles. The van der Waals surface area contributed by atoms with Crippen LogP contribution in [0, 0.1) is 5.92 Å². The van der Waals surface area contributed by atoms with E-state index in [0.29, 0.717) is 23.8 Å². The number of hydrogen-bond donors (Lipinski definition) is 1. The van der Waals surface area contributed by atoms with Crippen molar-refractivity contribution in [1.29, 1.82) is 0 Å². The first-order valence-corrected chi connectivity index (χ1v) is 13.6. The molecule has 4 aromatic rings. The number of halogens is 1. The highest BCUT2D eigenvalue weighted by Crippen LogP contribution is 2.40. The van der Waals surface area contributed by atoms with Crippen LogP contribution in [0.2, 0.25) is 5.02 Å². The van der Waals surface area contributed by atoms with Crippen molar-refractivity contribution in [3.05, 3.63) is 64.0 Å². The Labute approximate surface area is 219 Å². The molecule has 184 valence electrons. The van der Waals surface area contributed by atoms with Crippen molar-refractivity contribution in [2.75, 3.05) is 26.7 Å². The van der Waals surface area contributed by atoms with Gasteiger partial charge in [-0.15, -0.1) is 21.5 Å². The molecule has 1 fully saturated rings. The minimum absolute atomic E-state index is 0.168. The summed E-state index contributed by atoms with van der Waals surface area (Å²) in [5.74, 6) is 1.03. The van der Waals surface area contributed by atoms with E-state index in [1.165, 1.54) is 11.1 Å². The van der Waals surface area contributed by atoms with Gasteiger partial charge in [-0.25, -0.2) is 0 Å². The number of fused-ring (bicyclic) bond motifs is 2. The Kier molecular flexibility index (Phi) is 6.37. The van der Waals surface area contributed by atoms with Crippen molar-refractivity contribution in [3.8, 4) is 28.3 Å². The summed E-state index contributed by atoms with van der Waals surface area (Å²) in [4.78, 5) is 13.9. The largest absolute Gasteiger partial charge is 0.493 e. The van der Waals surface area contributed by atoms with Crippen molar-refractivity contribution >= 4 is 38.9 Å². The number of thiophene rings is 1. The number of piperidine rings is 1. The lowest BCUT2D eigenvalue weighted by molar-refractivity contribution is -0.133. The van der Waals surface area contributed by atoms with E-state index < -0.39 is 0 Å². The van der Waals surface area contributed by atoms with Crippen LogP contribution in [-0.2, 0) is 17.8 Å². The number of nitrogens with one attached hydrogen (secondary N) is 1. The summed E-state index contributed by atoms with van der Waals surface area (Å²) in [6, 6.07) is 14.4. The Bertz CT molecular complexity index is 1450. The van der Waals surface area contributed by atoms with Gasteiger partial charge in [-0.2, -0.15) is 0 Å². The van der Waals surface area contributed by atoms with Crippen LogP contribution >= 0.6 is 22.9 Å². The average Bonchev–Trinajstić information content (AvgIpc) is 3.39. The third kappa shape index (κ3) is 4.47. The molecule has 1 amide bonds. The van der Waals surface area contributed by atoms with E-state index in [9.17, 15) is 4.79 Å². The monoisotopic (exact) mass is 518 g/mol. The van der Waals surface area contributed by atoms with Crippen LogP contribution < -0.4 is 10.1 Å². The maximum Gasteiger partial charge on any atom is 0.222 e. The van der Waals surface area contributed by atoms with Gasteiger partial charge in [0.25, 0.3) is 0 Å². The lowest BCUT2D eigenvalue weighted by atomic mass is 9.96. The molecule has 6 nitrogen and oxygen atoms in total. The fourth-order valence-electron chi connectivity index (χ4n) is 5.06. The number of ether oxygens (including phenoxy) is 1. The minimum Gasteiger partial charge on any atom is -0.493 e. The molecule has 0 bridgehead atoms. The molecular weight excluding hydrogens is 492 g/mol. The molecule has 2 aliphatic heterocycles. The van der Waals surface area contributed by atoms with Crippen LogP contribution in [0.4, 0.5) is 0 Å². The first kappa shape index (κ1) is 23.4. The molecule has 1 saturated heterocycles. The highest BCUT2D eigenvalue weighted by atomic mass is 35.5. The Morgan fingerprint density at radius 2 is 2.03 bits per heavy atom. The highest BCUT2D eigenvalue weighted by Gasteiger charge is 2.25. The van der Waals surface area contributed by atoms with Crippen molar-refractivity contribution in [2.24, 2.45) is 5.92 Å². The SMILES string of the molecule is CN1CCC(COc2cc(Cl)ccc2-c2nnc(-c3ccc4c(c3)CCNC4)c3ccsc23)CC1=O. The van der Waals surface area contributed by atoms with E-state index in [2.05, 4.69) is 35.0 Å². The van der Waals surface area contributed by atoms with Crippen molar-refractivity contribution in [1.82, 2.24) is 20.4 Å². The van der Waals surface area contributed by atoms with Crippen LogP contribution in [-0.4, -0.2) is 47.7 Å². The number of carbonyl (C=O) groups is 1. The summed E-state index contributed by atoms with van der Waals surface area (Å²) >= 11 is 8.00. The fourth-order valence-corrected chi connectivity index (χ4v) is 6.12. The number of carbonyl (C=O) groups excluding carboxylic acids is 1. The number of rotatable bonds is 5. The Morgan fingerprint density at radius 3 is 2.92 bits per heavy atom. The summed E-state index contributed by atoms with van der Waals surface area (Å²) in [5, 5.41) is 16.6. The van der Waals surface area contributed by atoms with Gasteiger partial charge in [-0.05, 0) is 66.2 Å². The summed E-state index contributed by atoms with van der Waals surface area (Å²) < 4.78 is 7.34. The van der Waals surface area contributed by atoms with E-state index >= 15 is 0 Å². The van der Waals surface area contributed by atoms with Gasteiger partial charge >= 0.3 is 0 Å². The fraction of sp³-hybridized carbons (Fsp3) is 0.321. The molecule has 1 N–H and O–H groups in total. The van der Waals surface area contributed by atoms with E-state index in [1.54, 1.807) is 16.2 Å². The predicted octanol–water partition coefficient (Wildman–Crippen LogP) is 5.57. The molecule has 0 saturated carbocycles. The second-order valence-electron chi connectivity index (χ2n) is 9.60. The molecule has 1 atom stereocenters. The lowest BCUT2D eigenvalue weighted by Crippen LogP contribution is -2.37. The number of aromatic nitrogens is 2. The van der Waals surface area contributed by atoms with Crippen molar-refractivity contribution in [3.63, 3.8) is 0 Å². The standard InChI is InChI=1S/C28H27ClN4O2S/c1-33-10-7-17(12-25(33)34)16-35-24-14-21(29)4-5-22(24)27-28-23(8-11-36-28)26(31-32-27)19-2-3-20-15-30-9-6-18(20)13-19/h2-5,8,11,13-14,17,30H,6-7,9-10,12,15-16H2,1H3. The van der Waals surface area contributed by atoms with Gasteiger partial charge < -0.3 is 15.0 Å². The molecule has 2 aromatic carbocycles. The quantitative estimate of drug-likeness (QED) is 0.374. The number of likely N-dealkylation sites (tertiary alicyclic amines) is 1. The first-order valence-electron chi connectivity index (χ1n) is 12.3. The maximum atomic E-state index is 12.1. The van der Waals surface area contributed by atoms with E-state index in [0.717, 1.165) is 65.1 Å².